The van der Waals surface area contributed by atoms with E-state index in [0.29, 0.717) is 12.3 Å². The summed E-state index contributed by atoms with van der Waals surface area (Å²) in [5.41, 5.74) is 0. The molecular formula is C11H15NO3S. The molecule has 5 heteroatoms. The number of hydrogen-bond donors (Lipinski definition) is 1. The van der Waals surface area contributed by atoms with Gasteiger partial charge in [0.1, 0.15) is 0 Å². The summed E-state index contributed by atoms with van der Waals surface area (Å²) in [4.78, 5) is 15.8. The molecule has 1 atom stereocenters. The topological polar surface area (TPSA) is 59.4 Å². The summed E-state index contributed by atoms with van der Waals surface area (Å²) in [6.45, 7) is 1.70. The molecule has 1 unspecified atom stereocenters. The lowest BCUT2D eigenvalue weighted by molar-refractivity contribution is -0.136. The van der Waals surface area contributed by atoms with Crippen molar-refractivity contribution in [2.45, 2.75) is 25.7 Å². The van der Waals surface area contributed by atoms with Gasteiger partial charge in [0, 0.05) is 30.7 Å². The van der Waals surface area contributed by atoms with Crippen molar-refractivity contribution in [2.24, 2.45) is 5.92 Å². The zero-order valence-corrected chi connectivity index (χ0v) is 9.83. The minimum Gasteiger partial charge on any atom is -0.481 e. The predicted molar refractivity (Wildman–Crippen MR) is 60.7 cm³/mol. The summed E-state index contributed by atoms with van der Waals surface area (Å²) < 4.78 is 5.31. The molecule has 1 aliphatic rings. The van der Waals surface area contributed by atoms with Crippen LogP contribution in [0, 0.1) is 5.92 Å². The molecule has 2 rings (SSSR count). The lowest BCUT2D eigenvalue weighted by atomic mass is 10.1. The molecule has 1 saturated heterocycles. The highest BCUT2D eigenvalue weighted by molar-refractivity contribution is 7.11. The zero-order valence-electron chi connectivity index (χ0n) is 9.02. The molecule has 2 heterocycles. The number of ether oxygens (including phenoxy) is 1. The van der Waals surface area contributed by atoms with E-state index in [4.69, 9.17) is 9.84 Å². The molecule has 1 aliphatic heterocycles. The first-order valence-electron chi connectivity index (χ1n) is 5.47. The van der Waals surface area contributed by atoms with E-state index in [1.807, 2.05) is 0 Å². The fraction of sp³-hybridized carbons (Fsp3) is 0.636. The van der Waals surface area contributed by atoms with Crippen molar-refractivity contribution in [1.29, 1.82) is 0 Å². The Morgan fingerprint density at radius 1 is 1.69 bits per heavy atom. The van der Waals surface area contributed by atoms with Crippen molar-refractivity contribution < 1.29 is 14.6 Å². The van der Waals surface area contributed by atoms with Crippen LogP contribution in [0.25, 0.3) is 0 Å². The van der Waals surface area contributed by atoms with Crippen LogP contribution in [0.1, 0.15) is 22.7 Å². The van der Waals surface area contributed by atoms with Gasteiger partial charge in [-0.05, 0) is 18.8 Å². The summed E-state index contributed by atoms with van der Waals surface area (Å²) >= 11 is 1.63. The Labute approximate surface area is 98.3 Å². The van der Waals surface area contributed by atoms with Crippen LogP contribution in [0.2, 0.25) is 0 Å². The quantitative estimate of drug-likeness (QED) is 0.853. The molecule has 16 heavy (non-hydrogen) atoms. The molecule has 0 aromatic carbocycles. The Morgan fingerprint density at radius 3 is 3.25 bits per heavy atom. The second-order valence-corrected chi connectivity index (χ2v) is 5.25. The molecule has 4 nitrogen and oxygen atoms in total. The van der Waals surface area contributed by atoms with E-state index in [0.717, 1.165) is 35.9 Å². The number of nitrogens with zero attached hydrogens (tertiary/aromatic N) is 1. The smallest absolute Gasteiger partial charge is 0.303 e. The average Bonchev–Trinajstić information content (AvgIpc) is 2.87. The van der Waals surface area contributed by atoms with E-state index >= 15 is 0 Å². The first kappa shape index (κ1) is 11.5. The molecule has 0 aliphatic carbocycles. The minimum absolute atomic E-state index is 0.189. The number of aliphatic carboxylic acids is 1. The fourth-order valence-corrected chi connectivity index (χ4v) is 2.82. The van der Waals surface area contributed by atoms with Crippen LogP contribution in [-0.2, 0) is 22.4 Å². The number of aromatic nitrogens is 1. The molecular weight excluding hydrogens is 226 g/mol. The number of thiazole rings is 1. The van der Waals surface area contributed by atoms with E-state index in [1.54, 1.807) is 17.5 Å². The maximum atomic E-state index is 10.4. The van der Waals surface area contributed by atoms with Crippen LogP contribution in [-0.4, -0.2) is 29.3 Å². The van der Waals surface area contributed by atoms with Crippen LogP contribution in [0.5, 0.6) is 0 Å². The SMILES string of the molecule is O=C(O)CCc1cnc(CC2CCOC2)s1. The molecule has 88 valence electrons. The number of carboxylic acid groups (broad SMARTS) is 1. The van der Waals surface area contributed by atoms with Crippen molar-refractivity contribution in [1.82, 2.24) is 4.98 Å². The van der Waals surface area contributed by atoms with Crippen LogP contribution in [0.3, 0.4) is 0 Å². The van der Waals surface area contributed by atoms with Crippen LogP contribution >= 0.6 is 11.3 Å². The Hall–Kier alpha value is -0.940. The zero-order chi connectivity index (χ0) is 11.4. The Balaban J connectivity index is 1.84. The maximum Gasteiger partial charge on any atom is 0.303 e. The Bertz CT molecular complexity index is 358. The number of rotatable bonds is 5. The van der Waals surface area contributed by atoms with E-state index in [9.17, 15) is 4.79 Å². The van der Waals surface area contributed by atoms with Crippen molar-refractivity contribution >= 4 is 17.3 Å². The van der Waals surface area contributed by atoms with Gasteiger partial charge in [-0.2, -0.15) is 0 Å². The van der Waals surface area contributed by atoms with Gasteiger partial charge in [-0.3, -0.25) is 4.79 Å². The van der Waals surface area contributed by atoms with Gasteiger partial charge in [0.25, 0.3) is 0 Å². The van der Waals surface area contributed by atoms with E-state index in [2.05, 4.69) is 4.98 Å². The fourth-order valence-electron chi connectivity index (χ4n) is 1.78. The number of aryl methyl sites for hydroxylation is 1. The summed E-state index contributed by atoms with van der Waals surface area (Å²) in [6, 6.07) is 0. The van der Waals surface area contributed by atoms with Crippen molar-refractivity contribution in [3.05, 3.63) is 16.1 Å². The third kappa shape index (κ3) is 3.28. The molecule has 0 amide bonds. The number of hydrogen-bond acceptors (Lipinski definition) is 4. The minimum atomic E-state index is -0.751. The number of carboxylic acids is 1. The molecule has 1 aromatic heterocycles. The first-order chi connectivity index (χ1) is 7.74. The maximum absolute atomic E-state index is 10.4. The van der Waals surface area contributed by atoms with Crippen LogP contribution < -0.4 is 0 Å². The lowest BCUT2D eigenvalue weighted by Crippen LogP contribution is -2.02. The molecule has 1 fully saturated rings. The van der Waals surface area contributed by atoms with Gasteiger partial charge in [0.05, 0.1) is 11.4 Å². The van der Waals surface area contributed by atoms with Gasteiger partial charge in [-0.15, -0.1) is 11.3 Å². The van der Waals surface area contributed by atoms with Crippen LogP contribution in [0.4, 0.5) is 0 Å². The van der Waals surface area contributed by atoms with Gasteiger partial charge < -0.3 is 9.84 Å². The largest absolute Gasteiger partial charge is 0.481 e. The normalized spacial score (nSPS) is 20.1. The highest BCUT2D eigenvalue weighted by atomic mass is 32.1. The highest BCUT2D eigenvalue weighted by Crippen LogP contribution is 2.22. The van der Waals surface area contributed by atoms with Gasteiger partial charge in [0.2, 0.25) is 0 Å². The summed E-state index contributed by atoms with van der Waals surface area (Å²) in [5, 5.41) is 9.69. The summed E-state index contributed by atoms with van der Waals surface area (Å²) in [5.74, 6) is -0.155. The van der Waals surface area contributed by atoms with Gasteiger partial charge in [-0.25, -0.2) is 4.98 Å². The standard InChI is InChI=1S/C11H15NO3S/c13-11(14)2-1-9-6-12-10(16-9)5-8-3-4-15-7-8/h6,8H,1-5,7H2,(H,13,14). The van der Waals surface area contributed by atoms with Crippen molar-refractivity contribution in [3.63, 3.8) is 0 Å². The molecule has 0 radical (unpaired) electrons. The Kier molecular flexibility index (Phi) is 3.90. The van der Waals surface area contributed by atoms with Crippen molar-refractivity contribution in [3.8, 4) is 0 Å². The molecule has 0 saturated carbocycles. The second kappa shape index (κ2) is 5.41. The summed E-state index contributed by atoms with van der Waals surface area (Å²) in [6.07, 6.45) is 4.67. The highest BCUT2D eigenvalue weighted by Gasteiger charge is 2.17. The molecule has 0 bridgehead atoms. The van der Waals surface area contributed by atoms with Gasteiger partial charge in [0.15, 0.2) is 0 Å². The average molecular weight is 241 g/mol. The lowest BCUT2D eigenvalue weighted by Gasteiger charge is -2.02. The van der Waals surface area contributed by atoms with E-state index < -0.39 is 5.97 Å². The third-order valence-electron chi connectivity index (χ3n) is 2.67. The second-order valence-electron chi connectivity index (χ2n) is 4.05. The van der Waals surface area contributed by atoms with Crippen LogP contribution in [0.15, 0.2) is 6.20 Å². The monoisotopic (exact) mass is 241 g/mol. The molecule has 1 N–H and O–H groups in total. The number of carbonyl (C=O) groups is 1. The first-order valence-corrected chi connectivity index (χ1v) is 6.29. The van der Waals surface area contributed by atoms with Crippen molar-refractivity contribution in [2.75, 3.05) is 13.2 Å². The predicted octanol–water partition coefficient (Wildman–Crippen LogP) is 1.74. The summed E-state index contributed by atoms with van der Waals surface area (Å²) in [7, 11) is 0. The molecule has 1 aromatic rings. The van der Waals surface area contributed by atoms with Gasteiger partial charge >= 0.3 is 5.97 Å². The molecule has 0 spiro atoms. The third-order valence-corrected chi connectivity index (χ3v) is 3.75. The Morgan fingerprint density at radius 2 is 2.56 bits per heavy atom. The van der Waals surface area contributed by atoms with E-state index in [1.165, 1.54) is 0 Å². The van der Waals surface area contributed by atoms with Gasteiger partial charge in [-0.1, -0.05) is 0 Å². The van der Waals surface area contributed by atoms with E-state index in [-0.39, 0.29) is 6.42 Å².